The van der Waals surface area contributed by atoms with E-state index < -0.39 is 0 Å². The number of nitrogens with two attached hydrogens (primary N) is 1. The third-order valence-corrected chi connectivity index (χ3v) is 3.23. The van der Waals surface area contributed by atoms with Crippen LogP contribution in [0.3, 0.4) is 0 Å². The number of hydrogen-bond donors (Lipinski definition) is 3. The number of aromatic nitrogens is 1. The minimum atomic E-state index is 0.147. The van der Waals surface area contributed by atoms with E-state index in [4.69, 9.17) is 10.5 Å². The third-order valence-electron chi connectivity index (χ3n) is 3.23. The molecule has 0 saturated carbocycles. The maximum Gasteiger partial charge on any atom is 0.161 e. The smallest absolute Gasteiger partial charge is 0.161 e. The average Bonchev–Trinajstić information content (AvgIpc) is 2.88. The Morgan fingerprint density at radius 1 is 1.10 bits per heavy atom. The van der Waals surface area contributed by atoms with Crippen LogP contribution in [0.1, 0.15) is 11.3 Å². The Labute approximate surface area is 116 Å². The van der Waals surface area contributed by atoms with Gasteiger partial charge in [0.2, 0.25) is 0 Å². The standard InChI is InChI=1S/C16H16N2O2/c17-9-11-5-6-14-12(7-11)8-13(18-14)10-20-16-4-2-1-3-15(16)19/h1-8,18-19H,9-10,17H2. The summed E-state index contributed by atoms with van der Waals surface area (Å²) in [7, 11) is 0. The number of nitrogens with one attached hydrogen (secondary N) is 1. The molecule has 0 spiro atoms. The molecule has 0 fully saturated rings. The van der Waals surface area contributed by atoms with Crippen molar-refractivity contribution in [2.24, 2.45) is 5.73 Å². The third kappa shape index (κ3) is 2.46. The lowest BCUT2D eigenvalue weighted by molar-refractivity contribution is 0.286. The van der Waals surface area contributed by atoms with Crippen LogP contribution in [0.4, 0.5) is 0 Å². The fourth-order valence-corrected chi connectivity index (χ4v) is 2.18. The molecule has 3 aromatic rings. The Morgan fingerprint density at radius 2 is 1.95 bits per heavy atom. The number of ether oxygens (including phenoxy) is 1. The largest absolute Gasteiger partial charge is 0.504 e. The summed E-state index contributed by atoms with van der Waals surface area (Å²) in [6, 6.07) is 15.1. The minimum Gasteiger partial charge on any atom is -0.504 e. The topological polar surface area (TPSA) is 71.3 Å². The van der Waals surface area contributed by atoms with Gasteiger partial charge in [0, 0.05) is 17.4 Å². The quantitative estimate of drug-likeness (QED) is 0.681. The second-order valence-electron chi connectivity index (χ2n) is 4.68. The highest BCUT2D eigenvalue weighted by molar-refractivity contribution is 5.81. The molecule has 102 valence electrons. The molecule has 0 bridgehead atoms. The van der Waals surface area contributed by atoms with Crippen molar-refractivity contribution in [3.63, 3.8) is 0 Å². The van der Waals surface area contributed by atoms with E-state index in [2.05, 4.69) is 11.1 Å². The van der Waals surface area contributed by atoms with Crippen LogP contribution < -0.4 is 10.5 Å². The van der Waals surface area contributed by atoms with Crippen LogP contribution in [0.25, 0.3) is 10.9 Å². The van der Waals surface area contributed by atoms with Gasteiger partial charge in [0.25, 0.3) is 0 Å². The van der Waals surface area contributed by atoms with Crippen molar-refractivity contribution in [3.8, 4) is 11.5 Å². The van der Waals surface area contributed by atoms with Gasteiger partial charge in [0.05, 0.1) is 5.69 Å². The fraction of sp³-hybridized carbons (Fsp3) is 0.125. The van der Waals surface area contributed by atoms with Crippen LogP contribution in [0.2, 0.25) is 0 Å². The molecule has 4 N–H and O–H groups in total. The molecule has 0 aliphatic heterocycles. The van der Waals surface area contributed by atoms with Crippen molar-refractivity contribution in [1.29, 1.82) is 0 Å². The molecule has 3 rings (SSSR count). The molecule has 0 aliphatic rings. The fourth-order valence-electron chi connectivity index (χ4n) is 2.18. The number of H-pyrrole nitrogens is 1. The number of hydrogen-bond acceptors (Lipinski definition) is 3. The van der Waals surface area contributed by atoms with Crippen molar-refractivity contribution in [1.82, 2.24) is 4.98 Å². The molecule has 0 aliphatic carbocycles. The molecule has 1 aromatic heterocycles. The number of para-hydroxylation sites is 2. The van der Waals surface area contributed by atoms with E-state index in [1.807, 2.05) is 24.3 Å². The van der Waals surface area contributed by atoms with Gasteiger partial charge in [-0.3, -0.25) is 0 Å². The summed E-state index contributed by atoms with van der Waals surface area (Å²) in [5, 5.41) is 10.8. The van der Waals surface area contributed by atoms with Crippen molar-refractivity contribution in [3.05, 3.63) is 59.8 Å². The zero-order valence-electron chi connectivity index (χ0n) is 11.0. The highest BCUT2D eigenvalue weighted by Crippen LogP contribution is 2.26. The maximum atomic E-state index is 9.65. The van der Waals surface area contributed by atoms with Crippen molar-refractivity contribution >= 4 is 10.9 Å². The van der Waals surface area contributed by atoms with Gasteiger partial charge >= 0.3 is 0 Å². The number of benzene rings is 2. The van der Waals surface area contributed by atoms with Crippen LogP contribution >= 0.6 is 0 Å². The lowest BCUT2D eigenvalue weighted by Gasteiger charge is -2.05. The number of phenols is 1. The summed E-state index contributed by atoms with van der Waals surface area (Å²) >= 11 is 0. The van der Waals surface area contributed by atoms with Crippen LogP contribution in [-0.2, 0) is 13.2 Å². The maximum absolute atomic E-state index is 9.65. The van der Waals surface area contributed by atoms with Crippen LogP contribution in [-0.4, -0.2) is 10.1 Å². The summed E-state index contributed by atoms with van der Waals surface area (Å²) in [6.45, 7) is 0.912. The number of aromatic hydroxyl groups is 1. The molecular formula is C16H16N2O2. The first-order valence-electron chi connectivity index (χ1n) is 6.47. The molecule has 2 aromatic carbocycles. The molecule has 4 heteroatoms. The Kier molecular flexibility index (Phi) is 3.31. The van der Waals surface area contributed by atoms with Crippen LogP contribution in [0, 0.1) is 0 Å². The average molecular weight is 268 g/mol. The van der Waals surface area contributed by atoms with Crippen molar-refractivity contribution in [2.45, 2.75) is 13.2 Å². The molecule has 4 nitrogen and oxygen atoms in total. The number of fused-ring (bicyclic) bond motifs is 1. The summed E-state index contributed by atoms with van der Waals surface area (Å²) in [4.78, 5) is 3.29. The highest BCUT2D eigenvalue weighted by atomic mass is 16.5. The summed E-state index contributed by atoms with van der Waals surface area (Å²) in [5.41, 5.74) is 8.75. The van der Waals surface area contributed by atoms with E-state index in [1.165, 1.54) is 0 Å². The molecule has 1 heterocycles. The molecule has 0 radical (unpaired) electrons. The predicted octanol–water partition coefficient (Wildman–Crippen LogP) is 2.91. The minimum absolute atomic E-state index is 0.147. The van der Waals surface area contributed by atoms with Gasteiger partial charge in [0.15, 0.2) is 11.5 Å². The van der Waals surface area contributed by atoms with E-state index in [1.54, 1.807) is 18.2 Å². The Morgan fingerprint density at radius 3 is 2.75 bits per heavy atom. The normalized spacial score (nSPS) is 10.8. The highest BCUT2D eigenvalue weighted by Gasteiger charge is 2.04. The van der Waals surface area contributed by atoms with Gasteiger partial charge in [-0.1, -0.05) is 18.2 Å². The zero-order chi connectivity index (χ0) is 13.9. The lowest BCUT2D eigenvalue weighted by Crippen LogP contribution is -1.95. The van der Waals surface area contributed by atoms with Gasteiger partial charge in [-0.25, -0.2) is 0 Å². The summed E-state index contributed by atoms with van der Waals surface area (Å²) < 4.78 is 5.60. The molecule has 0 saturated heterocycles. The number of rotatable bonds is 4. The van der Waals surface area contributed by atoms with E-state index in [0.29, 0.717) is 18.9 Å². The number of aromatic amines is 1. The van der Waals surface area contributed by atoms with Gasteiger partial charge in [-0.05, 0) is 35.9 Å². The molecule has 0 amide bonds. The van der Waals surface area contributed by atoms with E-state index in [-0.39, 0.29) is 5.75 Å². The summed E-state index contributed by atoms with van der Waals surface area (Å²) in [6.07, 6.45) is 0. The van der Waals surface area contributed by atoms with E-state index in [0.717, 1.165) is 22.2 Å². The van der Waals surface area contributed by atoms with Gasteiger partial charge in [0.1, 0.15) is 6.61 Å². The Hall–Kier alpha value is -2.46. The Bertz CT molecular complexity index is 734. The molecule has 0 atom stereocenters. The first kappa shape index (κ1) is 12.6. The second kappa shape index (κ2) is 5.27. The van der Waals surface area contributed by atoms with Gasteiger partial charge < -0.3 is 20.6 Å². The van der Waals surface area contributed by atoms with E-state index >= 15 is 0 Å². The lowest BCUT2D eigenvalue weighted by atomic mass is 10.1. The molecule has 20 heavy (non-hydrogen) atoms. The van der Waals surface area contributed by atoms with Crippen LogP contribution in [0.15, 0.2) is 48.5 Å². The van der Waals surface area contributed by atoms with Gasteiger partial charge in [-0.15, -0.1) is 0 Å². The first-order chi connectivity index (χ1) is 9.76. The molecule has 0 unspecified atom stereocenters. The van der Waals surface area contributed by atoms with Gasteiger partial charge in [-0.2, -0.15) is 0 Å². The first-order valence-corrected chi connectivity index (χ1v) is 6.47. The Balaban J connectivity index is 1.79. The summed E-state index contributed by atoms with van der Waals surface area (Å²) in [5.74, 6) is 0.628. The number of phenolic OH excluding ortho intramolecular Hbond substituents is 1. The molecular weight excluding hydrogens is 252 g/mol. The monoisotopic (exact) mass is 268 g/mol. The van der Waals surface area contributed by atoms with Crippen molar-refractivity contribution in [2.75, 3.05) is 0 Å². The zero-order valence-corrected chi connectivity index (χ0v) is 11.0. The predicted molar refractivity (Wildman–Crippen MR) is 78.6 cm³/mol. The van der Waals surface area contributed by atoms with Crippen molar-refractivity contribution < 1.29 is 9.84 Å². The van der Waals surface area contributed by atoms with Crippen LogP contribution in [0.5, 0.6) is 11.5 Å². The second-order valence-corrected chi connectivity index (χ2v) is 4.68. The van der Waals surface area contributed by atoms with E-state index in [9.17, 15) is 5.11 Å². The SMILES string of the molecule is NCc1ccc2[nH]c(COc3ccccc3O)cc2c1.